The molecule has 0 bridgehead atoms. The van der Waals surface area contributed by atoms with Crippen LogP contribution in [0.15, 0.2) is 54.7 Å². The Balaban J connectivity index is 1.84. The van der Waals surface area contributed by atoms with Gasteiger partial charge in [0.15, 0.2) is 0 Å². The predicted molar refractivity (Wildman–Crippen MR) is 95.0 cm³/mol. The Hall–Kier alpha value is -3.28. The summed E-state index contributed by atoms with van der Waals surface area (Å²) in [5, 5.41) is 3.42. The standard InChI is InChI=1S/C19H18N2O4/c1-13(22)21-11-10-15-16(21)8-9-17(24-2)18(15)20-19(23)25-12-14-6-4-3-5-7-14/h3-11H,12H2,1-2H3,(H,20,23). The number of nitrogens with one attached hydrogen (secondary N) is 1. The lowest BCUT2D eigenvalue weighted by atomic mass is 10.2. The second-order valence-electron chi connectivity index (χ2n) is 5.47. The van der Waals surface area contributed by atoms with Crippen LogP contribution >= 0.6 is 0 Å². The maximum Gasteiger partial charge on any atom is 0.412 e. The van der Waals surface area contributed by atoms with Crippen molar-refractivity contribution in [1.82, 2.24) is 4.57 Å². The zero-order valence-electron chi connectivity index (χ0n) is 14.0. The summed E-state index contributed by atoms with van der Waals surface area (Å²) in [6, 6.07) is 14.6. The molecule has 0 spiro atoms. The molecule has 3 aromatic rings. The van der Waals surface area contributed by atoms with Gasteiger partial charge < -0.3 is 9.47 Å². The maximum absolute atomic E-state index is 12.2. The molecule has 128 valence electrons. The normalized spacial score (nSPS) is 10.5. The van der Waals surface area contributed by atoms with E-state index in [4.69, 9.17) is 9.47 Å². The smallest absolute Gasteiger partial charge is 0.412 e. The van der Waals surface area contributed by atoms with Gasteiger partial charge in [0.05, 0.1) is 18.3 Å². The predicted octanol–water partition coefficient (Wildman–Crippen LogP) is 4.06. The van der Waals surface area contributed by atoms with E-state index in [0.717, 1.165) is 5.56 Å². The lowest BCUT2D eigenvalue weighted by Gasteiger charge is -2.12. The van der Waals surface area contributed by atoms with Gasteiger partial charge >= 0.3 is 6.09 Å². The SMILES string of the molecule is COc1ccc2c(ccn2C(C)=O)c1NC(=O)OCc1ccccc1. The van der Waals surface area contributed by atoms with E-state index in [1.165, 1.54) is 18.6 Å². The molecule has 0 saturated heterocycles. The average Bonchev–Trinajstić information content (AvgIpc) is 3.06. The molecule has 25 heavy (non-hydrogen) atoms. The number of fused-ring (bicyclic) bond motifs is 1. The van der Waals surface area contributed by atoms with E-state index < -0.39 is 6.09 Å². The number of rotatable bonds is 4. The van der Waals surface area contributed by atoms with Crippen molar-refractivity contribution in [2.75, 3.05) is 12.4 Å². The van der Waals surface area contributed by atoms with E-state index >= 15 is 0 Å². The molecule has 0 aliphatic carbocycles. The van der Waals surface area contributed by atoms with Crippen molar-refractivity contribution in [1.29, 1.82) is 0 Å². The number of amides is 1. The van der Waals surface area contributed by atoms with Crippen LogP contribution in [0.1, 0.15) is 17.3 Å². The van der Waals surface area contributed by atoms with Gasteiger partial charge in [-0.25, -0.2) is 4.79 Å². The second kappa shape index (κ2) is 7.09. The van der Waals surface area contributed by atoms with E-state index in [1.807, 2.05) is 30.3 Å². The van der Waals surface area contributed by atoms with Gasteiger partial charge in [0, 0.05) is 18.5 Å². The second-order valence-corrected chi connectivity index (χ2v) is 5.47. The van der Waals surface area contributed by atoms with Crippen molar-refractivity contribution in [3.8, 4) is 5.75 Å². The molecule has 1 aromatic heterocycles. The Morgan fingerprint density at radius 3 is 2.52 bits per heavy atom. The summed E-state index contributed by atoms with van der Waals surface area (Å²) < 4.78 is 12.1. The summed E-state index contributed by atoms with van der Waals surface area (Å²) in [5.74, 6) is 0.378. The summed E-state index contributed by atoms with van der Waals surface area (Å²) in [4.78, 5) is 23.9. The largest absolute Gasteiger partial charge is 0.495 e. The Kier molecular flexibility index (Phi) is 4.70. The highest BCUT2D eigenvalue weighted by molar-refractivity contribution is 6.04. The van der Waals surface area contributed by atoms with Gasteiger partial charge in [0.1, 0.15) is 12.4 Å². The Bertz CT molecular complexity index is 916. The first-order valence-corrected chi connectivity index (χ1v) is 7.77. The fraction of sp³-hybridized carbons (Fsp3) is 0.158. The lowest BCUT2D eigenvalue weighted by Crippen LogP contribution is -2.14. The number of benzene rings is 2. The molecule has 2 aromatic carbocycles. The number of ether oxygens (including phenoxy) is 2. The van der Waals surface area contributed by atoms with Crippen molar-refractivity contribution in [3.05, 3.63) is 60.3 Å². The van der Waals surface area contributed by atoms with Crippen molar-refractivity contribution in [2.24, 2.45) is 0 Å². The molecule has 1 amide bonds. The molecule has 0 atom stereocenters. The first kappa shape index (κ1) is 16.6. The third-order valence-electron chi connectivity index (χ3n) is 3.83. The molecule has 0 unspecified atom stereocenters. The number of aromatic nitrogens is 1. The van der Waals surface area contributed by atoms with Crippen molar-refractivity contribution in [3.63, 3.8) is 0 Å². The number of carbonyl (C=O) groups is 2. The maximum atomic E-state index is 12.2. The highest BCUT2D eigenvalue weighted by Gasteiger charge is 2.16. The Morgan fingerprint density at radius 2 is 1.84 bits per heavy atom. The van der Waals surface area contributed by atoms with Crippen LogP contribution in [-0.4, -0.2) is 23.7 Å². The number of hydrogen-bond acceptors (Lipinski definition) is 4. The fourth-order valence-electron chi connectivity index (χ4n) is 2.63. The lowest BCUT2D eigenvalue weighted by molar-refractivity contribution is 0.0941. The highest BCUT2D eigenvalue weighted by atomic mass is 16.5. The minimum absolute atomic E-state index is 0.113. The van der Waals surface area contributed by atoms with Crippen LogP contribution < -0.4 is 10.1 Å². The molecule has 1 heterocycles. The van der Waals surface area contributed by atoms with Crippen LogP contribution in [-0.2, 0) is 11.3 Å². The summed E-state index contributed by atoms with van der Waals surface area (Å²) in [7, 11) is 1.52. The van der Waals surface area contributed by atoms with Crippen LogP contribution in [0.5, 0.6) is 5.75 Å². The molecule has 3 rings (SSSR count). The van der Waals surface area contributed by atoms with Gasteiger partial charge in [-0.2, -0.15) is 0 Å². The average molecular weight is 338 g/mol. The van der Waals surface area contributed by atoms with Gasteiger partial charge in [-0.1, -0.05) is 30.3 Å². The number of anilines is 1. The molecular formula is C19H18N2O4. The minimum atomic E-state index is -0.592. The summed E-state index contributed by atoms with van der Waals surface area (Å²) in [6.07, 6.45) is 1.07. The zero-order valence-corrected chi connectivity index (χ0v) is 14.0. The van der Waals surface area contributed by atoms with Crippen LogP contribution in [0.4, 0.5) is 10.5 Å². The van der Waals surface area contributed by atoms with Crippen molar-refractivity contribution < 1.29 is 19.1 Å². The fourth-order valence-corrected chi connectivity index (χ4v) is 2.63. The van der Waals surface area contributed by atoms with E-state index in [9.17, 15) is 9.59 Å². The van der Waals surface area contributed by atoms with Crippen molar-refractivity contribution in [2.45, 2.75) is 13.5 Å². The quantitative estimate of drug-likeness (QED) is 0.779. The van der Waals surface area contributed by atoms with Crippen LogP contribution in [0.2, 0.25) is 0 Å². The monoisotopic (exact) mass is 338 g/mol. The zero-order chi connectivity index (χ0) is 17.8. The molecule has 0 fully saturated rings. The molecule has 1 N–H and O–H groups in total. The Morgan fingerprint density at radius 1 is 1.08 bits per heavy atom. The molecule has 6 nitrogen and oxygen atoms in total. The van der Waals surface area contributed by atoms with E-state index in [1.54, 1.807) is 24.4 Å². The highest BCUT2D eigenvalue weighted by Crippen LogP contribution is 2.34. The number of hydrogen-bond donors (Lipinski definition) is 1. The number of methoxy groups -OCH3 is 1. The topological polar surface area (TPSA) is 69.6 Å². The first-order valence-electron chi connectivity index (χ1n) is 7.77. The summed E-state index contributed by atoms with van der Waals surface area (Å²) in [6.45, 7) is 1.64. The molecule has 0 saturated carbocycles. The van der Waals surface area contributed by atoms with Gasteiger partial charge in [-0.05, 0) is 23.8 Å². The van der Waals surface area contributed by atoms with Gasteiger partial charge in [-0.3, -0.25) is 14.7 Å². The molecular weight excluding hydrogens is 320 g/mol. The summed E-state index contributed by atoms with van der Waals surface area (Å²) >= 11 is 0. The van der Waals surface area contributed by atoms with E-state index in [2.05, 4.69) is 5.32 Å². The van der Waals surface area contributed by atoms with Gasteiger partial charge in [-0.15, -0.1) is 0 Å². The third kappa shape index (κ3) is 3.47. The molecule has 0 aliphatic heterocycles. The van der Waals surface area contributed by atoms with Gasteiger partial charge in [0.25, 0.3) is 0 Å². The van der Waals surface area contributed by atoms with Crippen LogP contribution in [0.3, 0.4) is 0 Å². The third-order valence-corrected chi connectivity index (χ3v) is 3.83. The molecule has 6 heteroatoms. The van der Waals surface area contributed by atoms with Crippen molar-refractivity contribution >= 4 is 28.6 Å². The van der Waals surface area contributed by atoms with E-state index in [0.29, 0.717) is 22.3 Å². The minimum Gasteiger partial charge on any atom is -0.495 e. The number of nitrogens with zero attached hydrogens (tertiary/aromatic N) is 1. The number of carbonyl (C=O) groups excluding carboxylic acids is 2. The van der Waals surface area contributed by atoms with Gasteiger partial charge in [0.2, 0.25) is 5.91 Å². The Labute approximate surface area is 145 Å². The first-order chi connectivity index (χ1) is 12.1. The molecule has 0 radical (unpaired) electrons. The van der Waals surface area contributed by atoms with E-state index in [-0.39, 0.29) is 12.5 Å². The van der Waals surface area contributed by atoms with Crippen LogP contribution in [0.25, 0.3) is 10.9 Å². The molecule has 0 aliphatic rings. The van der Waals surface area contributed by atoms with Crippen LogP contribution in [0, 0.1) is 0 Å². The summed E-state index contributed by atoms with van der Waals surface area (Å²) in [5.41, 5.74) is 2.05.